The van der Waals surface area contributed by atoms with Crippen molar-refractivity contribution in [3.8, 4) is 11.8 Å². The third-order valence-electron chi connectivity index (χ3n) is 3.65. The molecule has 0 aliphatic heterocycles. The van der Waals surface area contributed by atoms with Crippen molar-refractivity contribution in [1.82, 2.24) is 9.88 Å². The van der Waals surface area contributed by atoms with Crippen LogP contribution in [0.15, 0.2) is 18.3 Å². The molecule has 0 spiro atoms. The number of carbonyl (C=O) groups excluding carboxylic acids is 1. The fourth-order valence-corrected chi connectivity index (χ4v) is 2.59. The molecule has 1 aliphatic carbocycles. The molecule has 0 bridgehead atoms. The van der Waals surface area contributed by atoms with E-state index in [1.807, 2.05) is 7.05 Å². The van der Waals surface area contributed by atoms with Crippen LogP contribution < -0.4 is 0 Å². The van der Waals surface area contributed by atoms with Crippen molar-refractivity contribution in [1.29, 1.82) is 0 Å². The van der Waals surface area contributed by atoms with Gasteiger partial charge in [-0.05, 0) is 30.9 Å². The lowest BCUT2D eigenvalue weighted by Gasteiger charge is -2.20. The van der Waals surface area contributed by atoms with Crippen molar-refractivity contribution in [2.24, 2.45) is 5.92 Å². The van der Waals surface area contributed by atoms with E-state index < -0.39 is 0 Å². The number of aliphatic hydroxyl groups is 1. The number of aromatic nitrogens is 1. The second-order valence-corrected chi connectivity index (χ2v) is 5.23. The van der Waals surface area contributed by atoms with E-state index in [2.05, 4.69) is 16.8 Å². The van der Waals surface area contributed by atoms with Gasteiger partial charge in [0.2, 0.25) is 0 Å². The van der Waals surface area contributed by atoms with Crippen molar-refractivity contribution in [2.45, 2.75) is 25.7 Å². The summed E-state index contributed by atoms with van der Waals surface area (Å²) in [6.07, 6.45) is 6.58. The predicted octanol–water partition coefficient (Wildman–Crippen LogP) is 1.69. The van der Waals surface area contributed by atoms with E-state index in [-0.39, 0.29) is 12.5 Å². The van der Waals surface area contributed by atoms with Gasteiger partial charge in [-0.25, -0.2) is 4.98 Å². The lowest BCUT2D eigenvalue weighted by molar-refractivity contribution is 0.0767. The molecule has 1 amide bonds. The Balaban J connectivity index is 1.97. The highest BCUT2D eigenvalue weighted by Gasteiger charge is 2.20. The van der Waals surface area contributed by atoms with Crippen molar-refractivity contribution >= 4 is 5.91 Å². The number of amides is 1. The maximum absolute atomic E-state index is 12.2. The van der Waals surface area contributed by atoms with Crippen molar-refractivity contribution in [3.05, 3.63) is 29.6 Å². The van der Waals surface area contributed by atoms with Crippen LogP contribution in [0.2, 0.25) is 0 Å². The summed E-state index contributed by atoms with van der Waals surface area (Å²) in [4.78, 5) is 18.2. The van der Waals surface area contributed by atoms with E-state index >= 15 is 0 Å². The Morgan fingerprint density at radius 2 is 2.20 bits per heavy atom. The zero-order chi connectivity index (χ0) is 14.4. The second-order valence-electron chi connectivity index (χ2n) is 5.23. The minimum Gasteiger partial charge on any atom is -0.384 e. The minimum absolute atomic E-state index is 0.0430. The Bertz CT molecular complexity index is 508. The van der Waals surface area contributed by atoms with Gasteiger partial charge in [0.05, 0.1) is 0 Å². The van der Waals surface area contributed by atoms with Crippen molar-refractivity contribution < 1.29 is 9.90 Å². The second kappa shape index (κ2) is 7.06. The van der Waals surface area contributed by atoms with Gasteiger partial charge < -0.3 is 10.0 Å². The fraction of sp³-hybridized carbons (Fsp3) is 0.500. The summed E-state index contributed by atoms with van der Waals surface area (Å²) in [5.74, 6) is 5.91. The summed E-state index contributed by atoms with van der Waals surface area (Å²) < 4.78 is 0. The minimum atomic E-state index is -0.176. The molecule has 0 saturated heterocycles. The maximum atomic E-state index is 12.2. The predicted molar refractivity (Wildman–Crippen MR) is 77.1 cm³/mol. The Kier molecular flexibility index (Phi) is 5.14. The number of nitrogens with zero attached hydrogens (tertiary/aromatic N) is 2. The zero-order valence-electron chi connectivity index (χ0n) is 11.8. The molecule has 1 N–H and O–H groups in total. The highest BCUT2D eigenvalue weighted by Crippen LogP contribution is 2.25. The molecule has 106 valence electrons. The molecule has 4 heteroatoms. The van der Waals surface area contributed by atoms with Gasteiger partial charge in [-0.15, -0.1) is 0 Å². The molecule has 0 atom stereocenters. The monoisotopic (exact) mass is 272 g/mol. The number of aliphatic hydroxyl groups excluding tert-OH is 1. The molecule has 1 aromatic heterocycles. The van der Waals surface area contributed by atoms with Crippen molar-refractivity contribution in [3.63, 3.8) is 0 Å². The number of hydrogen-bond acceptors (Lipinski definition) is 3. The first-order chi connectivity index (χ1) is 9.70. The van der Waals surface area contributed by atoms with E-state index in [1.165, 1.54) is 25.7 Å². The summed E-state index contributed by atoms with van der Waals surface area (Å²) in [6.45, 7) is 0.636. The summed E-state index contributed by atoms with van der Waals surface area (Å²) in [7, 11) is 1.84. The first-order valence-electron chi connectivity index (χ1n) is 7.02. The lowest BCUT2D eigenvalue weighted by atomic mass is 10.1. The molecule has 20 heavy (non-hydrogen) atoms. The van der Waals surface area contributed by atoms with E-state index in [1.54, 1.807) is 23.2 Å². The molecular formula is C16H20N2O2. The zero-order valence-corrected chi connectivity index (χ0v) is 11.8. The van der Waals surface area contributed by atoms with Crippen LogP contribution in [0, 0.1) is 17.8 Å². The van der Waals surface area contributed by atoms with Crippen LogP contribution in [-0.4, -0.2) is 41.1 Å². The standard InChI is InChI=1S/C16H20N2O2/c1-18(12-14-5-2-3-6-14)16(20)15-9-8-13(11-17-15)7-4-10-19/h8-9,11,14,19H,2-3,5-6,10,12H2,1H3. The quantitative estimate of drug-likeness (QED) is 0.852. The molecule has 2 rings (SSSR count). The summed E-state index contributed by atoms with van der Waals surface area (Å²) >= 11 is 0. The molecule has 0 aromatic carbocycles. The molecule has 0 radical (unpaired) electrons. The molecule has 1 aromatic rings. The van der Waals surface area contributed by atoms with Gasteiger partial charge in [0.1, 0.15) is 12.3 Å². The number of rotatable bonds is 3. The van der Waals surface area contributed by atoms with E-state index in [0.717, 1.165) is 6.54 Å². The highest BCUT2D eigenvalue weighted by atomic mass is 16.2. The van der Waals surface area contributed by atoms with Gasteiger partial charge in [0.25, 0.3) is 5.91 Å². The summed E-state index contributed by atoms with van der Waals surface area (Å²) in [5, 5.41) is 8.62. The molecule has 1 saturated carbocycles. The molecule has 4 nitrogen and oxygen atoms in total. The van der Waals surface area contributed by atoms with Gasteiger partial charge in [0.15, 0.2) is 0 Å². The Labute approximate surface area is 119 Å². The Morgan fingerprint density at radius 1 is 1.45 bits per heavy atom. The molecule has 1 aliphatic rings. The van der Waals surface area contributed by atoms with Gasteiger partial charge in [-0.1, -0.05) is 24.7 Å². The Morgan fingerprint density at radius 3 is 2.80 bits per heavy atom. The SMILES string of the molecule is CN(CC1CCCC1)C(=O)c1ccc(C#CCO)cn1. The number of hydrogen-bond donors (Lipinski definition) is 1. The van der Waals surface area contributed by atoms with Gasteiger partial charge in [-0.3, -0.25) is 4.79 Å². The number of pyridine rings is 1. The van der Waals surface area contributed by atoms with Gasteiger partial charge in [0, 0.05) is 25.4 Å². The molecule has 1 heterocycles. The van der Waals surface area contributed by atoms with Crippen LogP contribution in [0.1, 0.15) is 41.7 Å². The molecule has 0 unspecified atom stereocenters. The van der Waals surface area contributed by atoms with Crippen LogP contribution >= 0.6 is 0 Å². The summed E-state index contributed by atoms with van der Waals surface area (Å²) in [5.41, 5.74) is 1.15. The lowest BCUT2D eigenvalue weighted by Crippen LogP contribution is -2.31. The van der Waals surface area contributed by atoms with Crippen LogP contribution in [0.25, 0.3) is 0 Å². The maximum Gasteiger partial charge on any atom is 0.272 e. The van der Waals surface area contributed by atoms with Crippen LogP contribution in [-0.2, 0) is 0 Å². The van der Waals surface area contributed by atoms with Crippen LogP contribution in [0.4, 0.5) is 0 Å². The first-order valence-corrected chi connectivity index (χ1v) is 7.02. The Hall–Kier alpha value is -1.86. The molecule has 1 fully saturated rings. The highest BCUT2D eigenvalue weighted by molar-refractivity contribution is 5.92. The van der Waals surface area contributed by atoms with E-state index in [0.29, 0.717) is 17.2 Å². The van der Waals surface area contributed by atoms with E-state index in [9.17, 15) is 4.79 Å². The van der Waals surface area contributed by atoms with Crippen LogP contribution in [0.5, 0.6) is 0 Å². The van der Waals surface area contributed by atoms with Gasteiger partial charge in [-0.2, -0.15) is 0 Å². The number of carbonyl (C=O) groups is 1. The first kappa shape index (κ1) is 14.5. The van der Waals surface area contributed by atoms with Crippen molar-refractivity contribution in [2.75, 3.05) is 20.2 Å². The fourth-order valence-electron chi connectivity index (χ4n) is 2.59. The normalized spacial score (nSPS) is 14.7. The summed E-state index contributed by atoms with van der Waals surface area (Å²) in [6, 6.07) is 3.45. The third kappa shape index (κ3) is 3.82. The average Bonchev–Trinajstić information content (AvgIpc) is 2.97. The van der Waals surface area contributed by atoms with Crippen LogP contribution in [0.3, 0.4) is 0 Å². The topological polar surface area (TPSA) is 53.4 Å². The van der Waals surface area contributed by atoms with Gasteiger partial charge >= 0.3 is 0 Å². The smallest absolute Gasteiger partial charge is 0.272 e. The third-order valence-corrected chi connectivity index (χ3v) is 3.65. The largest absolute Gasteiger partial charge is 0.384 e. The molecular weight excluding hydrogens is 252 g/mol. The average molecular weight is 272 g/mol. The van der Waals surface area contributed by atoms with E-state index in [4.69, 9.17) is 5.11 Å².